The van der Waals surface area contributed by atoms with E-state index in [1.165, 1.54) is 38.5 Å². The highest BCUT2D eigenvalue weighted by Crippen LogP contribution is 2.44. The topological polar surface area (TPSA) is 20.2 Å². The Morgan fingerprint density at radius 3 is 1.79 bits per heavy atom. The summed E-state index contributed by atoms with van der Waals surface area (Å²) in [5, 5.41) is 11.1. The highest BCUT2D eigenvalue weighted by Gasteiger charge is 2.43. The van der Waals surface area contributed by atoms with Crippen molar-refractivity contribution >= 4 is 0 Å². The van der Waals surface area contributed by atoms with E-state index >= 15 is 0 Å². The van der Waals surface area contributed by atoms with Gasteiger partial charge in [0.2, 0.25) is 0 Å². The first-order valence-electron chi connectivity index (χ1n) is 8.54. The Morgan fingerprint density at radius 1 is 0.789 bits per heavy atom. The quantitative estimate of drug-likeness (QED) is 0.460. The van der Waals surface area contributed by atoms with E-state index in [0.717, 1.165) is 19.3 Å². The van der Waals surface area contributed by atoms with Gasteiger partial charge in [-0.25, -0.2) is 0 Å². The first-order chi connectivity index (χ1) is 8.81. The van der Waals surface area contributed by atoms with Crippen LogP contribution in [0.1, 0.15) is 99.3 Å². The zero-order valence-corrected chi connectivity index (χ0v) is 14.4. The standard InChI is InChI=1S/C18H38O/c1-7-9-10-11-12-13-15-18(19,14-8-2)17(5,6)16(3)4/h16,19H,7-15H2,1-6H3. The van der Waals surface area contributed by atoms with Crippen LogP contribution in [-0.4, -0.2) is 10.7 Å². The maximum absolute atomic E-state index is 11.1. The molecule has 0 rings (SSSR count). The molecule has 0 aromatic rings. The molecule has 1 unspecified atom stereocenters. The van der Waals surface area contributed by atoms with Crippen LogP contribution in [0.3, 0.4) is 0 Å². The normalized spacial score (nSPS) is 15.8. The van der Waals surface area contributed by atoms with Crippen molar-refractivity contribution in [3.05, 3.63) is 0 Å². The molecule has 0 bridgehead atoms. The Balaban J connectivity index is 4.31. The van der Waals surface area contributed by atoms with Crippen LogP contribution in [0.25, 0.3) is 0 Å². The molecule has 0 aromatic heterocycles. The van der Waals surface area contributed by atoms with Gasteiger partial charge in [-0.1, -0.05) is 86.5 Å². The Kier molecular flexibility index (Phi) is 8.98. The summed E-state index contributed by atoms with van der Waals surface area (Å²) < 4.78 is 0. The molecule has 0 heterocycles. The second-order valence-electron chi connectivity index (χ2n) is 7.18. The maximum atomic E-state index is 11.1. The van der Waals surface area contributed by atoms with Crippen LogP contribution < -0.4 is 0 Å². The van der Waals surface area contributed by atoms with Crippen LogP contribution in [0.15, 0.2) is 0 Å². The van der Waals surface area contributed by atoms with E-state index in [0.29, 0.717) is 5.92 Å². The lowest BCUT2D eigenvalue weighted by atomic mass is 9.64. The van der Waals surface area contributed by atoms with E-state index in [1.807, 2.05) is 0 Å². The summed E-state index contributed by atoms with van der Waals surface area (Å²) >= 11 is 0. The number of aliphatic hydroxyl groups is 1. The lowest BCUT2D eigenvalue weighted by molar-refractivity contribution is -0.104. The van der Waals surface area contributed by atoms with Crippen molar-refractivity contribution in [3.8, 4) is 0 Å². The molecule has 1 atom stereocenters. The van der Waals surface area contributed by atoms with Gasteiger partial charge in [-0.05, 0) is 24.2 Å². The first-order valence-corrected chi connectivity index (χ1v) is 8.54. The van der Waals surface area contributed by atoms with Gasteiger partial charge in [0.25, 0.3) is 0 Å². The van der Waals surface area contributed by atoms with Crippen LogP contribution >= 0.6 is 0 Å². The van der Waals surface area contributed by atoms with Crippen LogP contribution in [-0.2, 0) is 0 Å². The van der Waals surface area contributed by atoms with Crippen molar-refractivity contribution in [1.29, 1.82) is 0 Å². The van der Waals surface area contributed by atoms with Gasteiger partial charge in [0.05, 0.1) is 5.60 Å². The fourth-order valence-corrected chi connectivity index (χ4v) is 2.92. The zero-order valence-electron chi connectivity index (χ0n) is 14.4. The van der Waals surface area contributed by atoms with E-state index in [4.69, 9.17) is 0 Å². The third kappa shape index (κ3) is 5.85. The van der Waals surface area contributed by atoms with Gasteiger partial charge in [-0.15, -0.1) is 0 Å². The highest BCUT2D eigenvalue weighted by molar-refractivity contribution is 4.94. The Hall–Kier alpha value is -0.0400. The second-order valence-corrected chi connectivity index (χ2v) is 7.18. The van der Waals surface area contributed by atoms with Crippen molar-refractivity contribution in [2.75, 3.05) is 0 Å². The molecule has 0 spiro atoms. The fraction of sp³-hybridized carbons (Fsp3) is 1.00. The predicted molar refractivity (Wildman–Crippen MR) is 86.5 cm³/mol. The minimum atomic E-state index is -0.485. The summed E-state index contributed by atoms with van der Waals surface area (Å²) in [5.74, 6) is 0.518. The largest absolute Gasteiger partial charge is 0.389 e. The Morgan fingerprint density at radius 2 is 1.32 bits per heavy atom. The summed E-state index contributed by atoms with van der Waals surface area (Å²) in [5.41, 5.74) is -0.479. The smallest absolute Gasteiger partial charge is 0.0700 e. The third-order valence-corrected chi connectivity index (χ3v) is 5.25. The average molecular weight is 271 g/mol. The van der Waals surface area contributed by atoms with Crippen LogP contribution in [0.2, 0.25) is 0 Å². The van der Waals surface area contributed by atoms with Crippen molar-refractivity contribution < 1.29 is 5.11 Å². The molecule has 0 aliphatic rings. The molecule has 0 amide bonds. The predicted octanol–water partition coefficient (Wildman–Crippen LogP) is 5.95. The van der Waals surface area contributed by atoms with Gasteiger partial charge >= 0.3 is 0 Å². The van der Waals surface area contributed by atoms with Gasteiger partial charge in [0.15, 0.2) is 0 Å². The molecule has 0 saturated heterocycles. The highest BCUT2D eigenvalue weighted by atomic mass is 16.3. The zero-order chi connectivity index (χ0) is 14.9. The first kappa shape index (κ1) is 19.0. The molecular weight excluding hydrogens is 232 g/mol. The monoisotopic (exact) mass is 270 g/mol. The minimum absolute atomic E-state index is 0.00638. The molecule has 0 saturated carbocycles. The molecule has 1 nitrogen and oxygen atoms in total. The SMILES string of the molecule is CCCCCCCCC(O)(CCC)C(C)(C)C(C)C. The molecule has 116 valence electrons. The number of hydrogen-bond acceptors (Lipinski definition) is 1. The summed E-state index contributed by atoms with van der Waals surface area (Å²) in [6.07, 6.45) is 10.8. The molecule has 0 aromatic carbocycles. The van der Waals surface area contributed by atoms with Gasteiger partial charge in [-0.2, -0.15) is 0 Å². The van der Waals surface area contributed by atoms with Crippen molar-refractivity contribution in [2.24, 2.45) is 11.3 Å². The number of hydrogen-bond donors (Lipinski definition) is 1. The average Bonchev–Trinajstić information content (AvgIpc) is 2.33. The van der Waals surface area contributed by atoms with Gasteiger partial charge in [0, 0.05) is 0 Å². The molecule has 0 radical (unpaired) electrons. The summed E-state index contributed by atoms with van der Waals surface area (Å²) in [6.45, 7) is 13.4. The third-order valence-electron chi connectivity index (χ3n) is 5.25. The van der Waals surface area contributed by atoms with Crippen molar-refractivity contribution in [2.45, 2.75) is 105 Å². The molecule has 19 heavy (non-hydrogen) atoms. The number of rotatable bonds is 11. The molecule has 1 N–H and O–H groups in total. The van der Waals surface area contributed by atoms with Crippen LogP contribution in [0.4, 0.5) is 0 Å². The minimum Gasteiger partial charge on any atom is -0.389 e. The molecule has 0 aliphatic heterocycles. The van der Waals surface area contributed by atoms with Gasteiger partial charge in [0.1, 0.15) is 0 Å². The second kappa shape index (κ2) is 9.00. The van der Waals surface area contributed by atoms with Crippen molar-refractivity contribution in [3.63, 3.8) is 0 Å². The van der Waals surface area contributed by atoms with E-state index in [1.54, 1.807) is 0 Å². The Labute approximate surface area is 122 Å². The maximum Gasteiger partial charge on any atom is 0.0700 e. The summed E-state index contributed by atoms with van der Waals surface area (Å²) in [6, 6.07) is 0. The van der Waals surface area contributed by atoms with Gasteiger partial charge < -0.3 is 5.11 Å². The summed E-state index contributed by atoms with van der Waals surface area (Å²) in [4.78, 5) is 0. The molecule has 1 heteroatoms. The molecule has 0 aliphatic carbocycles. The van der Waals surface area contributed by atoms with E-state index in [2.05, 4.69) is 41.5 Å². The fourth-order valence-electron chi connectivity index (χ4n) is 2.92. The summed E-state index contributed by atoms with van der Waals surface area (Å²) in [7, 11) is 0. The number of unbranched alkanes of at least 4 members (excludes halogenated alkanes) is 5. The van der Waals surface area contributed by atoms with E-state index in [-0.39, 0.29) is 5.41 Å². The van der Waals surface area contributed by atoms with Gasteiger partial charge in [-0.3, -0.25) is 0 Å². The lowest BCUT2D eigenvalue weighted by Crippen LogP contribution is -2.47. The van der Waals surface area contributed by atoms with Crippen LogP contribution in [0.5, 0.6) is 0 Å². The molecule has 0 fully saturated rings. The Bertz CT molecular complexity index is 220. The van der Waals surface area contributed by atoms with Crippen molar-refractivity contribution in [1.82, 2.24) is 0 Å². The lowest BCUT2D eigenvalue weighted by Gasteiger charge is -2.46. The van der Waals surface area contributed by atoms with Crippen LogP contribution in [0, 0.1) is 11.3 Å². The molecular formula is C18H38O. The van der Waals surface area contributed by atoms with E-state index in [9.17, 15) is 5.11 Å². The van der Waals surface area contributed by atoms with E-state index < -0.39 is 5.60 Å².